The van der Waals surface area contributed by atoms with E-state index in [-0.39, 0.29) is 13.0 Å². The van der Waals surface area contributed by atoms with Crippen LogP contribution in [0, 0.1) is 6.92 Å². The molecule has 0 saturated heterocycles. The molecule has 0 aliphatic carbocycles. The van der Waals surface area contributed by atoms with E-state index in [1.165, 1.54) is 4.90 Å². The summed E-state index contributed by atoms with van der Waals surface area (Å²) in [6.45, 7) is 2.46. The number of aryl methyl sites for hydroxylation is 1. The molecule has 1 heterocycles. The largest absolute Gasteiger partial charge is 0.488 e. The Bertz CT molecular complexity index is 1730. The normalized spacial score (nSPS) is 15.1. The van der Waals surface area contributed by atoms with Crippen LogP contribution in [0.1, 0.15) is 33.9 Å². The number of hydrogen-bond donors (Lipinski definition) is 1. The zero-order valence-corrected chi connectivity index (χ0v) is 23.3. The van der Waals surface area contributed by atoms with Crippen LogP contribution in [0.15, 0.2) is 115 Å². The fraction of sp³-hybridized carbons (Fsp3) is 0.167. The Morgan fingerprint density at radius 2 is 1.55 bits per heavy atom. The highest BCUT2D eigenvalue weighted by molar-refractivity contribution is 5.89. The lowest BCUT2D eigenvalue weighted by Gasteiger charge is -2.37. The standard InChI is InChI=1S/C36H31NO5/c1-24-16-17-29-22-37(32(36(39)40)21-31(29)33(24)41-23-25-10-4-2-5-11-25)35(38)34(27-13-6-3-7-14-27)42-30-19-18-26-12-8-9-15-28(26)20-30/h2-20,32,34H,21-23H2,1H3,(H,39,40)/t32-,34+/m0/s1. The van der Waals surface area contributed by atoms with E-state index >= 15 is 0 Å². The van der Waals surface area contributed by atoms with Crippen molar-refractivity contribution >= 4 is 22.6 Å². The van der Waals surface area contributed by atoms with Gasteiger partial charge < -0.3 is 19.5 Å². The lowest BCUT2D eigenvalue weighted by molar-refractivity contribution is -0.155. The maximum Gasteiger partial charge on any atom is 0.326 e. The third-order valence-corrected chi connectivity index (χ3v) is 7.76. The molecule has 42 heavy (non-hydrogen) atoms. The quantitative estimate of drug-likeness (QED) is 0.225. The molecule has 1 N–H and O–H groups in total. The van der Waals surface area contributed by atoms with Gasteiger partial charge >= 0.3 is 5.97 Å². The molecule has 210 valence electrons. The Kier molecular flexibility index (Phi) is 7.60. The van der Waals surface area contributed by atoms with Gasteiger partial charge in [-0.25, -0.2) is 4.79 Å². The van der Waals surface area contributed by atoms with Crippen molar-refractivity contribution in [3.05, 3.63) is 143 Å². The van der Waals surface area contributed by atoms with E-state index in [2.05, 4.69) is 0 Å². The van der Waals surface area contributed by atoms with Crippen molar-refractivity contribution in [2.45, 2.75) is 38.6 Å². The lowest BCUT2D eigenvalue weighted by Crippen LogP contribution is -2.51. The van der Waals surface area contributed by atoms with E-state index in [1.54, 1.807) is 0 Å². The second-order valence-electron chi connectivity index (χ2n) is 10.6. The average Bonchev–Trinajstić information content (AvgIpc) is 3.03. The van der Waals surface area contributed by atoms with E-state index in [0.717, 1.165) is 33.0 Å². The van der Waals surface area contributed by atoms with Crippen LogP contribution < -0.4 is 9.47 Å². The molecule has 0 radical (unpaired) electrons. The summed E-state index contributed by atoms with van der Waals surface area (Å²) in [4.78, 5) is 28.3. The fourth-order valence-corrected chi connectivity index (χ4v) is 5.55. The number of carboxylic acid groups (broad SMARTS) is 1. The first-order valence-corrected chi connectivity index (χ1v) is 14.0. The molecule has 0 fully saturated rings. The average molecular weight is 558 g/mol. The summed E-state index contributed by atoms with van der Waals surface area (Å²) in [6.07, 6.45) is -0.880. The van der Waals surface area contributed by atoms with Gasteiger partial charge in [0, 0.05) is 24.1 Å². The number of carbonyl (C=O) groups is 2. The van der Waals surface area contributed by atoms with Crippen molar-refractivity contribution in [2.75, 3.05) is 0 Å². The van der Waals surface area contributed by atoms with Crippen LogP contribution in [-0.4, -0.2) is 27.9 Å². The van der Waals surface area contributed by atoms with Crippen LogP contribution in [0.25, 0.3) is 10.8 Å². The number of amides is 1. The lowest BCUT2D eigenvalue weighted by atomic mass is 9.90. The predicted molar refractivity (Wildman–Crippen MR) is 161 cm³/mol. The van der Waals surface area contributed by atoms with Gasteiger partial charge in [-0.15, -0.1) is 0 Å². The summed E-state index contributed by atoms with van der Waals surface area (Å²) in [5.74, 6) is -0.254. The Hall–Kier alpha value is -5.10. The number of hydrogen-bond acceptors (Lipinski definition) is 4. The van der Waals surface area contributed by atoms with Crippen LogP contribution in [0.5, 0.6) is 11.5 Å². The molecule has 0 bridgehead atoms. The molecule has 0 aromatic heterocycles. The third kappa shape index (κ3) is 5.56. The minimum absolute atomic E-state index is 0.136. The van der Waals surface area contributed by atoms with Crippen molar-refractivity contribution in [1.29, 1.82) is 0 Å². The van der Waals surface area contributed by atoms with E-state index in [1.807, 2.05) is 122 Å². The van der Waals surface area contributed by atoms with Crippen LogP contribution in [-0.2, 0) is 29.2 Å². The number of fused-ring (bicyclic) bond motifs is 2. The number of ether oxygens (including phenoxy) is 2. The molecular weight excluding hydrogens is 526 g/mol. The first-order chi connectivity index (χ1) is 20.5. The molecule has 0 spiro atoms. The number of benzene rings is 5. The molecule has 5 aromatic rings. The van der Waals surface area contributed by atoms with Gasteiger partial charge in [-0.1, -0.05) is 103 Å². The maximum atomic E-state index is 14.3. The maximum absolute atomic E-state index is 14.3. The molecule has 5 aromatic carbocycles. The SMILES string of the molecule is Cc1ccc2c(c1OCc1ccccc1)C[C@@H](C(=O)O)N(C(=O)[C@H](Oc1ccc3ccccc3c1)c1ccccc1)C2. The van der Waals surface area contributed by atoms with Crippen molar-refractivity contribution in [3.8, 4) is 11.5 Å². The molecule has 2 atom stereocenters. The van der Waals surface area contributed by atoms with Gasteiger partial charge in [-0.2, -0.15) is 0 Å². The van der Waals surface area contributed by atoms with Gasteiger partial charge in [0.05, 0.1) is 0 Å². The summed E-state index contributed by atoms with van der Waals surface area (Å²) in [7, 11) is 0. The molecular formula is C36H31NO5. The summed E-state index contributed by atoms with van der Waals surface area (Å²) >= 11 is 0. The highest BCUT2D eigenvalue weighted by atomic mass is 16.5. The second-order valence-corrected chi connectivity index (χ2v) is 10.6. The van der Waals surface area contributed by atoms with E-state index in [0.29, 0.717) is 23.7 Å². The van der Waals surface area contributed by atoms with Crippen molar-refractivity contribution in [2.24, 2.45) is 0 Å². The van der Waals surface area contributed by atoms with Gasteiger partial charge in [0.25, 0.3) is 5.91 Å². The summed E-state index contributed by atoms with van der Waals surface area (Å²) < 4.78 is 12.6. The molecule has 6 heteroatoms. The van der Waals surface area contributed by atoms with Gasteiger partial charge in [0.2, 0.25) is 6.10 Å². The van der Waals surface area contributed by atoms with E-state index < -0.39 is 24.0 Å². The molecule has 1 aliphatic heterocycles. The van der Waals surface area contributed by atoms with Crippen LogP contribution in [0.2, 0.25) is 0 Å². The van der Waals surface area contributed by atoms with Crippen LogP contribution in [0.4, 0.5) is 0 Å². The zero-order chi connectivity index (χ0) is 29.1. The molecule has 1 aliphatic rings. The van der Waals surface area contributed by atoms with Crippen molar-refractivity contribution < 1.29 is 24.2 Å². The number of nitrogens with zero attached hydrogens (tertiary/aromatic N) is 1. The topological polar surface area (TPSA) is 76.1 Å². The summed E-state index contributed by atoms with van der Waals surface area (Å²) in [6, 6.07) is 35.5. The highest BCUT2D eigenvalue weighted by Gasteiger charge is 2.40. The Morgan fingerprint density at radius 1 is 0.857 bits per heavy atom. The van der Waals surface area contributed by atoms with E-state index in [4.69, 9.17) is 9.47 Å². The molecule has 0 saturated carbocycles. The molecule has 0 unspecified atom stereocenters. The summed E-state index contributed by atoms with van der Waals surface area (Å²) in [5, 5.41) is 12.4. The monoisotopic (exact) mass is 557 g/mol. The summed E-state index contributed by atoms with van der Waals surface area (Å²) in [5.41, 5.74) is 4.30. The minimum Gasteiger partial charge on any atom is -0.488 e. The Labute approximate surface area is 244 Å². The number of aliphatic carboxylic acids is 1. The first kappa shape index (κ1) is 27.1. The smallest absolute Gasteiger partial charge is 0.326 e. The Balaban J connectivity index is 1.33. The van der Waals surface area contributed by atoms with Crippen LogP contribution in [0.3, 0.4) is 0 Å². The minimum atomic E-state index is -1.07. The number of rotatable bonds is 8. The Morgan fingerprint density at radius 3 is 2.29 bits per heavy atom. The van der Waals surface area contributed by atoms with Gasteiger partial charge in [-0.3, -0.25) is 4.79 Å². The third-order valence-electron chi connectivity index (χ3n) is 7.76. The first-order valence-electron chi connectivity index (χ1n) is 14.0. The molecule has 1 amide bonds. The highest BCUT2D eigenvalue weighted by Crippen LogP contribution is 2.36. The van der Waals surface area contributed by atoms with E-state index in [9.17, 15) is 14.7 Å². The predicted octanol–water partition coefficient (Wildman–Crippen LogP) is 6.89. The number of carboxylic acids is 1. The molecule has 6 nitrogen and oxygen atoms in total. The fourth-order valence-electron chi connectivity index (χ4n) is 5.55. The second kappa shape index (κ2) is 11.8. The van der Waals surface area contributed by atoms with Gasteiger partial charge in [0.15, 0.2) is 0 Å². The van der Waals surface area contributed by atoms with Crippen LogP contribution >= 0.6 is 0 Å². The molecule has 6 rings (SSSR count). The van der Waals surface area contributed by atoms with Gasteiger partial charge in [-0.05, 0) is 46.5 Å². The van der Waals surface area contributed by atoms with Crippen molar-refractivity contribution in [1.82, 2.24) is 4.90 Å². The van der Waals surface area contributed by atoms with Crippen molar-refractivity contribution in [3.63, 3.8) is 0 Å². The zero-order valence-electron chi connectivity index (χ0n) is 23.3. The van der Waals surface area contributed by atoms with Gasteiger partial charge in [0.1, 0.15) is 24.1 Å². The number of carbonyl (C=O) groups excluding carboxylic acids is 1.